The largest absolute Gasteiger partial charge is 0.453 e. The zero-order chi connectivity index (χ0) is 14.3. The van der Waals surface area contributed by atoms with Crippen LogP contribution < -0.4 is 0 Å². The van der Waals surface area contributed by atoms with Crippen LogP contribution in [0.25, 0.3) is 11.0 Å². The van der Waals surface area contributed by atoms with Gasteiger partial charge in [0.25, 0.3) is 0 Å². The normalized spacial score (nSPS) is 10.9. The highest BCUT2D eigenvalue weighted by molar-refractivity contribution is 6.31. The van der Waals surface area contributed by atoms with Gasteiger partial charge in [-0.3, -0.25) is 4.79 Å². The van der Waals surface area contributed by atoms with E-state index >= 15 is 0 Å². The van der Waals surface area contributed by atoms with Gasteiger partial charge >= 0.3 is 0 Å². The van der Waals surface area contributed by atoms with E-state index in [1.807, 2.05) is 0 Å². The number of hydrogen-bond acceptors (Lipinski definition) is 2. The summed E-state index contributed by atoms with van der Waals surface area (Å²) in [5.41, 5.74) is 1.60. The third-order valence-corrected chi connectivity index (χ3v) is 3.37. The molecule has 0 aliphatic heterocycles. The molecule has 0 fully saturated rings. The van der Waals surface area contributed by atoms with Crippen molar-refractivity contribution in [1.82, 2.24) is 0 Å². The summed E-state index contributed by atoms with van der Waals surface area (Å²) in [7, 11) is 0. The highest BCUT2D eigenvalue weighted by atomic mass is 35.5. The van der Waals surface area contributed by atoms with Crippen molar-refractivity contribution >= 4 is 28.4 Å². The molecule has 0 spiro atoms. The molecular weight excluding hydrogens is 279 g/mol. The van der Waals surface area contributed by atoms with Gasteiger partial charge in [0.15, 0.2) is 5.76 Å². The Hall–Kier alpha value is -2.13. The van der Waals surface area contributed by atoms with Gasteiger partial charge in [-0.15, -0.1) is 0 Å². The number of carbonyl (C=O) groups excluding carboxylic acids is 1. The molecule has 1 aromatic heterocycles. The summed E-state index contributed by atoms with van der Waals surface area (Å²) in [5, 5.41) is 1.34. The van der Waals surface area contributed by atoms with Gasteiger partial charge in [0.1, 0.15) is 11.4 Å². The molecule has 0 aliphatic rings. The van der Waals surface area contributed by atoms with E-state index in [0.717, 1.165) is 5.39 Å². The maximum atomic E-state index is 13.1. The van der Waals surface area contributed by atoms with Crippen LogP contribution in [0.5, 0.6) is 0 Å². The van der Waals surface area contributed by atoms with E-state index in [4.69, 9.17) is 16.0 Å². The van der Waals surface area contributed by atoms with Gasteiger partial charge in [-0.25, -0.2) is 4.39 Å². The molecule has 0 radical (unpaired) electrons. The number of carbonyl (C=O) groups is 1. The SMILES string of the molecule is Cc1cc(F)ccc1C(=O)c1cc2cc(Cl)ccc2o1. The van der Waals surface area contributed by atoms with E-state index in [0.29, 0.717) is 21.7 Å². The van der Waals surface area contributed by atoms with Crippen molar-refractivity contribution in [2.45, 2.75) is 6.92 Å². The summed E-state index contributed by atoms with van der Waals surface area (Å²) >= 11 is 5.90. The predicted molar refractivity (Wildman–Crippen MR) is 75.8 cm³/mol. The van der Waals surface area contributed by atoms with Crippen LogP contribution in [-0.4, -0.2) is 5.78 Å². The van der Waals surface area contributed by atoms with E-state index in [-0.39, 0.29) is 17.4 Å². The third kappa shape index (κ3) is 2.21. The number of aryl methyl sites for hydroxylation is 1. The van der Waals surface area contributed by atoms with Crippen LogP contribution in [0.15, 0.2) is 46.9 Å². The molecule has 2 nitrogen and oxygen atoms in total. The summed E-state index contributed by atoms with van der Waals surface area (Å²) < 4.78 is 18.6. The average molecular weight is 289 g/mol. The predicted octanol–water partition coefficient (Wildman–Crippen LogP) is 4.76. The highest BCUT2D eigenvalue weighted by Gasteiger charge is 2.17. The molecule has 4 heteroatoms. The molecule has 2 aromatic carbocycles. The Morgan fingerprint density at radius 1 is 1.15 bits per heavy atom. The molecule has 1 heterocycles. The molecule has 3 aromatic rings. The van der Waals surface area contributed by atoms with E-state index in [2.05, 4.69) is 0 Å². The molecule has 0 atom stereocenters. The van der Waals surface area contributed by atoms with Gasteiger partial charge in [0, 0.05) is 16.0 Å². The lowest BCUT2D eigenvalue weighted by atomic mass is 10.0. The number of hydrogen-bond donors (Lipinski definition) is 0. The molecule has 100 valence electrons. The zero-order valence-corrected chi connectivity index (χ0v) is 11.4. The quantitative estimate of drug-likeness (QED) is 0.636. The number of ketones is 1. The number of halogens is 2. The Balaban J connectivity index is 2.08. The topological polar surface area (TPSA) is 30.2 Å². The Kier molecular flexibility index (Phi) is 3.07. The maximum Gasteiger partial charge on any atom is 0.228 e. The van der Waals surface area contributed by atoms with Crippen molar-refractivity contribution in [3.63, 3.8) is 0 Å². The van der Waals surface area contributed by atoms with E-state index in [1.165, 1.54) is 18.2 Å². The van der Waals surface area contributed by atoms with Crippen LogP contribution in [0.2, 0.25) is 5.02 Å². The Morgan fingerprint density at radius 2 is 1.95 bits per heavy atom. The molecule has 3 rings (SSSR count). The molecule has 0 unspecified atom stereocenters. The number of furan rings is 1. The lowest BCUT2D eigenvalue weighted by Crippen LogP contribution is -2.02. The van der Waals surface area contributed by atoms with Crippen molar-refractivity contribution in [1.29, 1.82) is 0 Å². The molecule has 0 saturated heterocycles. The van der Waals surface area contributed by atoms with Gasteiger partial charge in [-0.1, -0.05) is 11.6 Å². The molecule has 0 saturated carbocycles. The highest BCUT2D eigenvalue weighted by Crippen LogP contribution is 2.25. The number of benzene rings is 2. The summed E-state index contributed by atoms with van der Waals surface area (Å²) in [5.74, 6) is -0.415. The van der Waals surface area contributed by atoms with Crippen LogP contribution >= 0.6 is 11.6 Å². The van der Waals surface area contributed by atoms with Crippen molar-refractivity contribution in [2.24, 2.45) is 0 Å². The Morgan fingerprint density at radius 3 is 2.70 bits per heavy atom. The number of fused-ring (bicyclic) bond motifs is 1. The first-order valence-electron chi connectivity index (χ1n) is 6.04. The molecule has 0 aliphatic carbocycles. The van der Waals surface area contributed by atoms with Crippen LogP contribution in [0, 0.1) is 12.7 Å². The fourth-order valence-corrected chi connectivity index (χ4v) is 2.32. The molecule has 0 bridgehead atoms. The summed E-state index contributed by atoms with van der Waals surface area (Å²) in [6, 6.07) is 10.8. The standard InChI is InChI=1S/C16H10ClFO2/c1-9-6-12(18)3-4-13(9)16(19)15-8-10-7-11(17)2-5-14(10)20-15/h2-8H,1H3. The minimum Gasteiger partial charge on any atom is -0.453 e. The second-order valence-corrected chi connectivity index (χ2v) is 5.02. The number of rotatable bonds is 2. The molecular formula is C16H10ClFO2. The first-order valence-corrected chi connectivity index (χ1v) is 6.42. The van der Waals surface area contributed by atoms with Crippen molar-refractivity contribution in [3.8, 4) is 0 Å². The molecule has 20 heavy (non-hydrogen) atoms. The summed E-state index contributed by atoms with van der Waals surface area (Å²) in [6.07, 6.45) is 0. The third-order valence-electron chi connectivity index (χ3n) is 3.14. The first-order chi connectivity index (χ1) is 9.54. The lowest BCUT2D eigenvalue weighted by Gasteiger charge is -2.02. The van der Waals surface area contributed by atoms with Crippen molar-refractivity contribution in [2.75, 3.05) is 0 Å². The van der Waals surface area contributed by atoms with Crippen molar-refractivity contribution in [3.05, 3.63) is 70.2 Å². The van der Waals surface area contributed by atoms with Crippen LogP contribution in [0.1, 0.15) is 21.7 Å². The van der Waals surface area contributed by atoms with Gasteiger partial charge in [-0.05, 0) is 55.0 Å². The first kappa shape index (κ1) is 12.9. The van der Waals surface area contributed by atoms with E-state index in [9.17, 15) is 9.18 Å². The van der Waals surface area contributed by atoms with E-state index in [1.54, 1.807) is 31.2 Å². The Labute approximate surface area is 119 Å². The van der Waals surface area contributed by atoms with Gasteiger partial charge in [0.05, 0.1) is 0 Å². The van der Waals surface area contributed by atoms with Crippen molar-refractivity contribution < 1.29 is 13.6 Å². The van der Waals surface area contributed by atoms with Crippen LogP contribution in [-0.2, 0) is 0 Å². The average Bonchev–Trinajstić information content (AvgIpc) is 2.81. The van der Waals surface area contributed by atoms with Crippen LogP contribution in [0.3, 0.4) is 0 Å². The lowest BCUT2D eigenvalue weighted by molar-refractivity contribution is 0.101. The summed E-state index contributed by atoms with van der Waals surface area (Å²) in [4.78, 5) is 12.4. The monoisotopic (exact) mass is 288 g/mol. The van der Waals surface area contributed by atoms with Gasteiger partial charge in [-0.2, -0.15) is 0 Å². The maximum absolute atomic E-state index is 13.1. The van der Waals surface area contributed by atoms with Gasteiger partial charge < -0.3 is 4.42 Å². The Bertz CT molecular complexity index is 820. The smallest absolute Gasteiger partial charge is 0.228 e. The molecule has 0 amide bonds. The minimum atomic E-state index is -0.365. The fourth-order valence-electron chi connectivity index (χ4n) is 2.14. The van der Waals surface area contributed by atoms with Gasteiger partial charge in [0.2, 0.25) is 5.78 Å². The van der Waals surface area contributed by atoms with Crippen LogP contribution in [0.4, 0.5) is 4.39 Å². The minimum absolute atomic E-state index is 0.219. The fraction of sp³-hybridized carbons (Fsp3) is 0.0625. The van der Waals surface area contributed by atoms with E-state index < -0.39 is 0 Å². The molecule has 0 N–H and O–H groups in total. The summed E-state index contributed by atoms with van der Waals surface area (Å²) in [6.45, 7) is 1.69. The zero-order valence-electron chi connectivity index (χ0n) is 10.6. The second kappa shape index (κ2) is 4.76. The second-order valence-electron chi connectivity index (χ2n) is 4.58.